The number of carbonyl (C=O) groups is 1. The second-order valence-electron chi connectivity index (χ2n) is 6.64. The van der Waals surface area contributed by atoms with Crippen LogP contribution in [-0.4, -0.2) is 23.7 Å². The summed E-state index contributed by atoms with van der Waals surface area (Å²) in [6.45, 7) is 14.5. The van der Waals surface area contributed by atoms with Gasteiger partial charge >= 0.3 is 0 Å². The Morgan fingerprint density at radius 3 is 2.43 bits per heavy atom. The molecule has 23 heavy (non-hydrogen) atoms. The Balaban J connectivity index is 4.03. The number of rotatable bonds is 14. The summed E-state index contributed by atoms with van der Waals surface area (Å²) >= 11 is 0. The van der Waals surface area contributed by atoms with E-state index in [4.69, 9.17) is 0 Å². The molecule has 134 valence electrons. The zero-order chi connectivity index (χ0) is 17.7. The van der Waals surface area contributed by atoms with Crippen LogP contribution in [0.4, 0.5) is 0 Å². The van der Waals surface area contributed by atoms with E-state index in [0.717, 1.165) is 56.9 Å². The van der Waals surface area contributed by atoms with Gasteiger partial charge in [-0.2, -0.15) is 0 Å². The predicted molar refractivity (Wildman–Crippen MR) is 99.3 cm³/mol. The SMILES string of the molecule is C=CCC[C@@H](CC)C(=O)NCCC[C@@H](CC)[C@H](O)CCC(=C)C. The van der Waals surface area contributed by atoms with Gasteiger partial charge in [-0.15, -0.1) is 13.2 Å². The molecule has 0 aliphatic rings. The first kappa shape index (κ1) is 21.9. The van der Waals surface area contributed by atoms with Crippen molar-refractivity contribution in [1.82, 2.24) is 5.32 Å². The predicted octanol–water partition coefficient (Wildman–Crippen LogP) is 4.62. The highest BCUT2D eigenvalue weighted by molar-refractivity contribution is 5.78. The molecule has 2 N–H and O–H groups in total. The summed E-state index contributed by atoms with van der Waals surface area (Å²) in [4.78, 5) is 12.1. The van der Waals surface area contributed by atoms with Crippen LogP contribution >= 0.6 is 0 Å². The van der Waals surface area contributed by atoms with Crippen molar-refractivity contribution < 1.29 is 9.90 Å². The molecule has 0 spiro atoms. The molecule has 0 aliphatic heterocycles. The Kier molecular flexibility index (Phi) is 12.7. The van der Waals surface area contributed by atoms with Crippen molar-refractivity contribution >= 4 is 5.91 Å². The summed E-state index contributed by atoms with van der Waals surface area (Å²) < 4.78 is 0. The van der Waals surface area contributed by atoms with Crippen LogP contribution in [0.15, 0.2) is 24.8 Å². The lowest BCUT2D eigenvalue weighted by atomic mass is 9.90. The molecule has 0 radical (unpaired) electrons. The third-order valence-electron chi connectivity index (χ3n) is 4.57. The van der Waals surface area contributed by atoms with Crippen molar-refractivity contribution in [3.63, 3.8) is 0 Å². The van der Waals surface area contributed by atoms with Crippen molar-refractivity contribution in [3.8, 4) is 0 Å². The standard InChI is InChI=1S/C20H37NO2/c1-6-9-11-18(8-3)20(23)21-15-10-12-17(7-2)19(22)14-13-16(4)5/h6,17-19,22H,1,4,7-15H2,2-3,5H3,(H,21,23)/t17-,18-,19-/m1/s1. The van der Waals surface area contributed by atoms with Gasteiger partial charge < -0.3 is 10.4 Å². The van der Waals surface area contributed by atoms with E-state index in [1.54, 1.807) is 0 Å². The summed E-state index contributed by atoms with van der Waals surface area (Å²) in [5, 5.41) is 13.3. The molecular weight excluding hydrogens is 286 g/mol. The molecule has 0 unspecified atom stereocenters. The average Bonchev–Trinajstić information content (AvgIpc) is 2.53. The first-order valence-corrected chi connectivity index (χ1v) is 9.17. The molecule has 0 rings (SSSR count). The van der Waals surface area contributed by atoms with Crippen LogP contribution in [0.3, 0.4) is 0 Å². The molecule has 0 aromatic rings. The Hall–Kier alpha value is -1.09. The van der Waals surface area contributed by atoms with Crippen molar-refractivity contribution in [2.24, 2.45) is 11.8 Å². The van der Waals surface area contributed by atoms with Gasteiger partial charge in [-0.3, -0.25) is 4.79 Å². The van der Waals surface area contributed by atoms with Gasteiger partial charge in [-0.25, -0.2) is 0 Å². The highest BCUT2D eigenvalue weighted by atomic mass is 16.3. The minimum atomic E-state index is -0.261. The molecule has 0 aromatic heterocycles. The van der Waals surface area contributed by atoms with Crippen LogP contribution in [0.25, 0.3) is 0 Å². The summed E-state index contributed by atoms with van der Waals surface area (Å²) in [7, 11) is 0. The van der Waals surface area contributed by atoms with Crippen LogP contribution in [0.5, 0.6) is 0 Å². The fourth-order valence-corrected chi connectivity index (χ4v) is 2.86. The lowest BCUT2D eigenvalue weighted by Crippen LogP contribution is -2.31. The van der Waals surface area contributed by atoms with Gasteiger partial charge in [-0.1, -0.05) is 31.9 Å². The number of aliphatic hydroxyl groups excluding tert-OH is 1. The van der Waals surface area contributed by atoms with E-state index in [2.05, 4.69) is 32.3 Å². The number of hydrogen-bond acceptors (Lipinski definition) is 2. The van der Waals surface area contributed by atoms with Crippen molar-refractivity contribution in [1.29, 1.82) is 0 Å². The molecule has 0 saturated heterocycles. The van der Waals surface area contributed by atoms with Crippen molar-refractivity contribution in [3.05, 3.63) is 24.8 Å². The molecule has 3 atom stereocenters. The second kappa shape index (κ2) is 13.4. The highest BCUT2D eigenvalue weighted by Crippen LogP contribution is 2.20. The van der Waals surface area contributed by atoms with E-state index < -0.39 is 0 Å². The van der Waals surface area contributed by atoms with E-state index in [0.29, 0.717) is 12.5 Å². The fraction of sp³-hybridized carbons (Fsp3) is 0.750. The highest BCUT2D eigenvalue weighted by Gasteiger charge is 2.18. The largest absolute Gasteiger partial charge is 0.393 e. The van der Waals surface area contributed by atoms with Gasteiger partial charge in [0.2, 0.25) is 5.91 Å². The van der Waals surface area contributed by atoms with Gasteiger partial charge in [-0.05, 0) is 57.8 Å². The third kappa shape index (κ3) is 10.3. The van der Waals surface area contributed by atoms with Gasteiger partial charge in [0.05, 0.1) is 6.10 Å². The van der Waals surface area contributed by atoms with Gasteiger partial charge in [0, 0.05) is 12.5 Å². The summed E-state index contributed by atoms with van der Waals surface area (Å²) in [5.41, 5.74) is 1.12. The van der Waals surface area contributed by atoms with Gasteiger partial charge in [0.25, 0.3) is 0 Å². The lowest BCUT2D eigenvalue weighted by molar-refractivity contribution is -0.125. The maximum atomic E-state index is 12.1. The first-order valence-electron chi connectivity index (χ1n) is 9.17. The number of allylic oxidation sites excluding steroid dienone is 2. The Morgan fingerprint density at radius 1 is 1.22 bits per heavy atom. The van der Waals surface area contributed by atoms with Crippen molar-refractivity contribution in [2.75, 3.05) is 6.54 Å². The van der Waals surface area contributed by atoms with Gasteiger partial charge in [0.1, 0.15) is 0 Å². The summed E-state index contributed by atoms with van der Waals surface area (Å²) in [6.07, 6.45) is 8.78. The summed E-state index contributed by atoms with van der Waals surface area (Å²) in [6, 6.07) is 0. The Labute approximate surface area is 143 Å². The second-order valence-corrected chi connectivity index (χ2v) is 6.64. The molecule has 0 bridgehead atoms. The molecule has 0 heterocycles. The van der Waals surface area contributed by atoms with Crippen LogP contribution in [0.1, 0.15) is 72.1 Å². The number of carbonyl (C=O) groups excluding carboxylic acids is 1. The smallest absolute Gasteiger partial charge is 0.223 e. The molecule has 1 amide bonds. The molecule has 3 heteroatoms. The van der Waals surface area contributed by atoms with Crippen LogP contribution in [0.2, 0.25) is 0 Å². The van der Waals surface area contributed by atoms with Crippen LogP contribution in [0, 0.1) is 11.8 Å². The number of hydrogen-bond donors (Lipinski definition) is 2. The first-order chi connectivity index (χ1) is 11.0. The van der Waals surface area contributed by atoms with Crippen molar-refractivity contribution in [2.45, 2.75) is 78.2 Å². The normalized spacial score (nSPS) is 14.8. The molecule has 0 aromatic carbocycles. The van der Waals surface area contributed by atoms with Crippen LogP contribution in [-0.2, 0) is 4.79 Å². The van der Waals surface area contributed by atoms with E-state index in [9.17, 15) is 9.90 Å². The molecular formula is C20H37NO2. The number of aliphatic hydroxyl groups is 1. The van der Waals surface area contributed by atoms with Gasteiger partial charge in [0.15, 0.2) is 0 Å². The van der Waals surface area contributed by atoms with E-state index in [-0.39, 0.29) is 17.9 Å². The van der Waals surface area contributed by atoms with E-state index in [1.807, 2.05) is 13.0 Å². The zero-order valence-electron chi connectivity index (χ0n) is 15.4. The minimum absolute atomic E-state index is 0.0936. The minimum Gasteiger partial charge on any atom is -0.393 e. The lowest BCUT2D eigenvalue weighted by Gasteiger charge is -2.22. The maximum Gasteiger partial charge on any atom is 0.223 e. The third-order valence-corrected chi connectivity index (χ3v) is 4.57. The fourth-order valence-electron chi connectivity index (χ4n) is 2.86. The van der Waals surface area contributed by atoms with Crippen LogP contribution < -0.4 is 5.32 Å². The average molecular weight is 324 g/mol. The Morgan fingerprint density at radius 2 is 1.91 bits per heavy atom. The number of amides is 1. The zero-order valence-corrected chi connectivity index (χ0v) is 15.4. The topological polar surface area (TPSA) is 49.3 Å². The monoisotopic (exact) mass is 323 g/mol. The molecule has 0 aliphatic carbocycles. The molecule has 3 nitrogen and oxygen atoms in total. The number of nitrogens with one attached hydrogen (secondary N) is 1. The quantitative estimate of drug-likeness (QED) is 0.362. The maximum absolute atomic E-state index is 12.1. The van der Waals surface area contributed by atoms with E-state index in [1.165, 1.54) is 0 Å². The van der Waals surface area contributed by atoms with E-state index >= 15 is 0 Å². The molecule has 0 fully saturated rings. The summed E-state index contributed by atoms with van der Waals surface area (Å²) in [5.74, 6) is 0.565. The molecule has 0 saturated carbocycles. The Bertz CT molecular complexity index is 352.